The number of methoxy groups -OCH3 is 1. The van der Waals surface area contributed by atoms with Crippen LogP contribution in [0.5, 0.6) is 11.5 Å². The average molecular weight is 413 g/mol. The van der Waals surface area contributed by atoms with Crippen LogP contribution >= 0.6 is 0 Å². The van der Waals surface area contributed by atoms with E-state index in [1.54, 1.807) is 12.1 Å². The van der Waals surface area contributed by atoms with E-state index >= 15 is 0 Å². The van der Waals surface area contributed by atoms with Gasteiger partial charge in [-0.25, -0.2) is 5.01 Å². The molecule has 156 valence electrons. The van der Waals surface area contributed by atoms with Crippen LogP contribution in [0.2, 0.25) is 0 Å². The molecule has 2 aliphatic rings. The number of hydrogen-bond donors (Lipinski definition) is 2. The number of nitrogens with zero attached hydrogens (tertiary/aromatic N) is 2. The lowest BCUT2D eigenvalue weighted by molar-refractivity contribution is -0.115. The zero-order valence-corrected chi connectivity index (χ0v) is 17.3. The number of benzene rings is 3. The van der Waals surface area contributed by atoms with Gasteiger partial charge >= 0.3 is 0 Å². The van der Waals surface area contributed by atoms with Gasteiger partial charge in [-0.15, -0.1) is 0 Å². The molecule has 0 aliphatic carbocycles. The Morgan fingerprint density at radius 2 is 1.58 bits per heavy atom. The molecule has 6 heteroatoms. The van der Waals surface area contributed by atoms with Crippen molar-refractivity contribution in [3.8, 4) is 11.5 Å². The van der Waals surface area contributed by atoms with E-state index in [-0.39, 0.29) is 23.7 Å². The predicted octanol–water partition coefficient (Wildman–Crippen LogP) is 3.93. The number of nitrogens with one attached hydrogen (secondary N) is 1. The molecule has 5 rings (SSSR count). The Balaban J connectivity index is 1.70. The second kappa shape index (κ2) is 7.49. The minimum absolute atomic E-state index is 0.0670. The largest absolute Gasteiger partial charge is 0.504 e. The Labute approximate surface area is 181 Å². The van der Waals surface area contributed by atoms with Crippen molar-refractivity contribution in [1.29, 1.82) is 0 Å². The van der Waals surface area contributed by atoms with Gasteiger partial charge in [-0.05, 0) is 35.4 Å². The Hall–Kier alpha value is -3.77. The van der Waals surface area contributed by atoms with Crippen LogP contribution < -0.4 is 15.1 Å². The molecule has 0 aromatic heterocycles. The highest BCUT2D eigenvalue weighted by atomic mass is 16.5. The van der Waals surface area contributed by atoms with Crippen LogP contribution in [0.3, 0.4) is 0 Å². The monoisotopic (exact) mass is 413 g/mol. The first-order valence-electron chi connectivity index (χ1n) is 10.1. The number of rotatable bonds is 4. The third-order valence-electron chi connectivity index (χ3n) is 5.91. The predicted molar refractivity (Wildman–Crippen MR) is 118 cm³/mol. The molecule has 2 aliphatic heterocycles. The Bertz CT molecular complexity index is 1160. The standard InChI is InChI=1S/C25H23N3O3/c1-27-23(16-9-5-3-6-10-16)21-22(26-27)25(30)28(18-11-7-4-8-12-18)24(21)17-13-14-19(29)20(15-17)31-2/h3-15,23-24,26,29H,1-2H3. The average Bonchev–Trinajstić information content (AvgIpc) is 3.28. The van der Waals surface area contributed by atoms with Crippen LogP contribution in [0.15, 0.2) is 90.1 Å². The number of anilines is 1. The number of amides is 1. The lowest BCUT2D eigenvalue weighted by Gasteiger charge is -2.33. The van der Waals surface area contributed by atoms with Gasteiger partial charge in [0.2, 0.25) is 0 Å². The molecule has 0 saturated carbocycles. The molecule has 3 aromatic carbocycles. The lowest BCUT2D eigenvalue weighted by atomic mass is 9.89. The quantitative estimate of drug-likeness (QED) is 0.679. The van der Waals surface area contributed by atoms with Crippen molar-refractivity contribution in [2.45, 2.75) is 12.1 Å². The zero-order valence-electron chi connectivity index (χ0n) is 17.3. The van der Waals surface area contributed by atoms with E-state index in [1.165, 1.54) is 7.11 Å². The van der Waals surface area contributed by atoms with Gasteiger partial charge in [0.15, 0.2) is 11.5 Å². The number of hydrogen-bond acceptors (Lipinski definition) is 5. The van der Waals surface area contributed by atoms with Crippen molar-refractivity contribution in [2.24, 2.45) is 0 Å². The molecular formula is C25H23N3O3. The van der Waals surface area contributed by atoms with E-state index in [9.17, 15) is 9.90 Å². The van der Waals surface area contributed by atoms with Crippen molar-refractivity contribution in [1.82, 2.24) is 10.4 Å². The molecule has 2 atom stereocenters. The number of likely N-dealkylation sites (N-methyl/N-ethyl adjacent to an activating group) is 1. The highest BCUT2D eigenvalue weighted by Gasteiger charge is 2.49. The number of aromatic hydroxyl groups is 1. The minimum Gasteiger partial charge on any atom is -0.504 e. The van der Waals surface area contributed by atoms with Gasteiger partial charge in [-0.3, -0.25) is 9.69 Å². The van der Waals surface area contributed by atoms with E-state index in [4.69, 9.17) is 4.74 Å². The molecule has 2 heterocycles. The fraction of sp³-hybridized carbons (Fsp3) is 0.160. The van der Waals surface area contributed by atoms with Gasteiger partial charge in [0.05, 0.1) is 19.2 Å². The van der Waals surface area contributed by atoms with Gasteiger partial charge in [0.25, 0.3) is 5.91 Å². The first-order valence-corrected chi connectivity index (χ1v) is 10.1. The van der Waals surface area contributed by atoms with Gasteiger partial charge in [-0.1, -0.05) is 54.6 Å². The molecule has 2 N–H and O–H groups in total. The number of carbonyl (C=O) groups excluding carboxylic acids is 1. The van der Waals surface area contributed by atoms with E-state index in [1.807, 2.05) is 71.6 Å². The molecule has 0 radical (unpaired) electrons. The minimum atomic E-state index is -0.345. The van der Waals surface area contributed by atoms with Gasteiger partial charge in [0, 0.05) is 18.3 Å². The van der Waals surface area contributed by atoms with E-state index in [0.717, 1.165) is 22.4 Å². The summed E-state index contributed by atoms with van der Waals surface area (Å²) < 4.78 is 5.36. The van der Waals surface area contributed by atoms with E-state index in [0.29, 0.717) is 11.4 Å². The lowest BCUT2D eigenvalue weighted by Crippen LogP contribution is -2.40. The third-order valence-corrected chi connectivity index (χ3v) is 5.91. The molecule has 0 saturated heterocycles. The summed E-state index contributed by atoms with van der Waals surface area (Å²) in [4.78, 5) is 15.4. The molecule has 31 heavy (non-hydrogen) atoms. The van der Waals surface area contributed by atoms with Crippen LogP contribution in [-0.4, -0.2) is 30.2 Å². The molecule has 0 fully saturated rings. The molecular weight excluding hydrogens is 390 g/mol. The molecule has 3 aromatic rings. The number of carbonyl (C=O) groups is 1. The van der Waals surface area contributed by atoms with Crippen molar-refractivity contribution in [2.75, 3.05) is 19.1 Å². The normalized spacial score (nSPS) is 20.7. The maximum Gasteiger partial charge on any atom is 0.276 e. The van der Waals surface area contributed by atoms with E-state index in [2.05, 4.69) is 17.6 Å². The van der Waals surface area contributed by atoms with Gasteiger partial charge < -0.3 is 15.3 Å². The summed E-state index contributed by atoms with van der Waals surface area (Å²) >= 11 is 0. The second-order valence-corrected chi connectivity index (χ2v) is 7.71. The summed E-state index contributed by atoms with van der Waals surface area (Å²) in [6.07, 6.45) is 0. The first-order chi connectivity index (χ1) is 15.1. The number of phenolic OH excluding ortho intramolecular Hbond substituents is 1. The van der Waals surface area contributed by atoms with Crippen LogP contribution in [0.1, 0.15) is 23.2 Å². The highest BCUT2D eigenvalue weighted by molar-refractivity contribution is 6.10. The smallest absolute Gasteiger partial charge is 0.276 e. The number of para-hydroxylation sites is 1. The van der Waals surface area contributed by atoms with Crippen molar-refractivity contribution in [3.05, 3.63) is 101 Å². The van der Waals surface area contributed by atoms with Crippen LogP contribution in [-0.2, 0) is 4.79 Å². The molecule has 1 amide bonds. The fourth-order valence-electron chi connectivity index (χ4n) is 4.57. The second-order valence-electron chi connectivity index (χ2n) is 7.71. The fourth-order valence-corrected chi connectivity index (χ4v) is 4.57. The van der Waals surface area contributed by atoms with Crippen LogP contribution in [0, 0.1) is 0 Å². The summed E-state index contributed by atoms with van der Waals surface area (Å²) in [6.45, 7) is 0. The summed E-state index contributed by atoms with van der Waals surface area (Å²) in [5, 5.41) is 12.1. The van der Waals surface area contributed by atoms with Crippen molar-refractivity contribution < 1.29 is 14.6 Å². The number of hydrazine groups is 1. The first kappa shape index (κ1) is 19.2. The van der Waals surface area contributed by atoms with Crippen molar-refractivity contribution >= 4 is 11.6 Å². The topological polar surface area (TPSA) is 65.0 Å². The van der Waals surface area contributed by atoms with Gasteiger partial charge in [-0.2, -0.15) is 0 Å². The highest BCUT2D eigenvalue weighted by Crippen LogP contribution is 2.50. The summed E-state index contributed by atoms with van der Waals surface area (Å²) in [5.74, 6) is 0.364. The van der Waals surface area contributed by atoms with E-state index < -0.39 is 0 Å². The van der Waals surface area contributed by atoms with Crippen molar-refractivity contribution in [3.63, 3.8) is 0 Å². The molecule has 6 nitrogen and oxygen atoms in total. The molecule has 2 unspecified atom stereocenters. The Morgan fingerprint density at radius 1 is 0.903 bits per heavy atom. The molecule has 0 spiro atoms. The SMILES string of the molecule is COc1cc(C2C3=C(NN(C)C3c3ccccc3)C(=O)N2c2ccccc2)ccc1O. The maximum atomic E-state index is 13.6. The van der Waals surface area contributed by atoms with Crippen LogP contribution in [0.4, 0.5) is 5.69 Å². The van der Waals surface area contributed by atoms with Crippen LogP contribution in [0.25, 0.3) is 0 Å². The maximum absolute atomic E-state index is 13.6. The summed E-state index contributed by atoms with van der Waals surface area (Å²) in [5.41, 5.74) is 7.65. The zero-order chi connectivity index (χ0) is 21.5. The van der Waals surface area contributed by atoms with Gasteiger partial charge in [0.1, 0.15) is 5.70 Å². The number of phenols is 1. The Morgan fingerprint density at radius 3 is 2.26 bits per heavy atom. The summed E-state index contributed by atoms with van der Waals surface area (Å²) in [6, 6.07) is 24.6. The Kier molecular flexibility index (Phi) is 4.64. The number of ether oxygens (including phenoxy) is 1. The summed E-state index contributed by atoms with van der Waals surface area (Å²) in [7, 11) is 3.47. The third kappa shape index (κ3) is 3.04. The molecule has 0 bridgehead atoms.